The van der Waals surface area contributed by atoms with Gasteiger partial charge in [-0.05, 0) is 48.3 Å². The quantitative estimate of drug-likeness (QED) is 0.410. The van der Waals surface area contributed by atoms with Crippen LogP contribution in [0.3, 0.4) is 0 Å². The first-order valence-electron chi connectivity index (χ1n) is 10.5. The van der Waals surface area contributed by atoms with Gasteiger partial charge in [-0.2, -0.15) is 0 Å². The number of esters is 1. The zero-order chi connectivity index (χ0) is 23.4. The van der Waals surface area contributed by atoms with E-state index in [0.717, 1.165) is 11.1 Å². The van der Waals surface area contributed by atoms with Gasteiger partial charge in [-0.15, -0.1) is 0 Å². The number of benzene rings is 2. The van der Waals surface area contributed by atoms with Crippen molar-refractivity contribution in [2.45, 2.75) is 12.8 Å². The minimum atomic E-state index is -0.600. The zero-order valence-corrected chi connectivity index (χ0v) is 18.7. The van der Waals surface area contributed by atoms with E-state index in [-0.39, 0.29) is 5.56 Å². The average Bonchev–Trinajstić information content (AvgIpc) is 3.20. The van der Waals surface area contributed by atoms with Crippen molar-refractivity contribution in [3.63, 3.8) is 0 Å². The van der Waals surface area contributed by atoms with Crippen molar-refractivity contribution < 1.29 is 23.5 Å². The zero-order valence-electron chi connectivity index (χ0n) is 18.0. The summed E-state index contributed by atoms with van der Waals surface area (Å²) in [6.07, 6.45) is 2.79. The molecule has 2 aromatic carbocycles. The molecule has 1 aliphatic carbocycles. The van der Waals surface area contributed by atoms with Crippen molar-refractivity contribution in [2.75, 3.05) is 26.9 Å². The maximum absolute atomic E-state index is 14.4. The summed E-state index contributed by atoms with van der Waals surface area (Å²) in [5, 5.41) is 3.56. The molecule has 170 valence electrons. The Balaban J connectivity index is 1.69. The highest BCUT2D eigenvalue weighted by atomic mass is 35.5. The maximum Gasteiger partial charge on any atom is 0.339 e. The average molecular weight is 469 g/mol. The van der Waals surface area contributed by atoms with Crippen LogP contribution >= 0.6 is 11.6 Å². The van der Waals surface area contributed by atoms with Gasteiger partial charge in [-0.25, -0.2) is 14.2 Å². The van der Waals surface area contributed by atoms with Gasteiger partial charge in [0.2, 0.25) is 0 Å². The van der Waals surface area contributed by atoms with Gasteiger partial charge in [-0.1, -0.05) is 35.9 Å². The number of carbonyl (C=O) groups excluding carboxylic acids is 2. The number of aromatic nitrogens is 1. The molecule has 1 heterocycles. The first-order chi connectivity index (χ1) is 16.0. The topological polar surface area (TPSA) is 77.5 Å². The predicted molar refractivity (Wildman–Crippen MR) is 125 cm³/mol. The van der Waals surface area contributed by atoms with Crippen molar-refractivity contribution in [2.24, 2.45) is 0 Å². The third-order valence-electron chi connectivity index (χ3n) is 5.43. The molecule has 0 saturated heterocycles. The van der Waals surface area contributed by atoms with E-state index in [9.17, 15) is 14.0 Å². The molecule has 0 spiro atoms. The molecular weight excluding hydrogens is 447 g/mol. The number of nitrogens with one attached hydrogen (secondary N) is 1. The first-order valence-corrected chi connectivity index (χ1v) is 10.9. The van der Waals surface area contributed by atoms with Crippen LogP contribution < -0.4 is 5.32 Å². The van der Waals surface area contributed by atoms with Gasteiger partial charge in [0.25, 0.3) is 5.91 Å². The summed E-state index contributed by atoms with van der Waals surface area (Å²) in [6.45, 7) is 0.290. The van der Waals surface area contributed by atoms with Crippen LogP contribution in [-0.4, -0.2) is 43.7 Å². The van der Waals surface area contributed by atoms with E-state index < -0.39 is 24.3 Å². The van der Waals surface area contributed by atoms with Crippen LogP contribution in [0.25, 0.3) is 22.6 Å². The molecule has 3 aromatic rings. The normalized spacial score (nSPS) is 13.8. The van der Waals surface area contributed by atoms with Crippen molar-refractivity contribution in [3.05, 3.63) is 75.7 Å². The molecule has 6 nitrogen and oxygen atoms in total. The summed E-state index contributed by atoms with van der Waals surface area (Å²) < 4.78 is 24.6. The Morgan fingerprint density at radius 3 is 2.79 bits per heavy atom. The highest BCUT2D eigenvalue weighted by Crippen LogP contribution is 2.38. The molecular formula is C25H22ClFN2O4. The van der Waals surface area contributed by atoms with E-state index in [1.165, 1.54) is 13.2 Å². The minimum Gasteiger partial charge on any atom is -0.452 e. The van der Waals surface area contributed by atoms with Crippen molar-refractivity contribution in [1.82, 2.24) is 10.3 Å². The Labute approximate surface area is 195 Å². The van der Waals surface area contributed by atoms with Crippen LogP contribution in [0.4, 0.5) is 4.39 Å². The number of halogens is 2. The molecule has 8 heteroatoms. The number of methoxy groups -OCH3 is 1. The molecule has 0 radical (unpaired) electrons. The highest BCUT2D eigenvalue weighted by molar-refractivity contribution is 6.32. The van der Waals surface area contributed by atoms with Crippen molar-refractivity contribution in [1.29, 1.82) is 0 Å². The Morgan fingerprint density at radius 1 is 1.18 bits per heavy atom. The van der Waals surface area contributed by atoms with Gasteiger partial charge in [0.1, 0.15) is 5.82 Å². The molecule has 0 bridgehead atoms. The van der Waals surface area contributed by atoms with Gasteiger partial charge >= 0.3 is 5.97 Å². The van der Waals surface area contributed by atoms with Gasteiger partial charge in [0.15, 0.2) is 6.61 Å². The van der Waals surface area contributed by atoms with Gasteiger partial charge in [-0.3, -0.25) is 4.79 Å². The fourth-order valence-corrected chi connectivity index (χ4v) is 4.10. The Hall–Kier alpha value is -3.29. The fourth-order valence-electron chi connectivity index (χ4n) is 3.88. The van der Waals surface area contributed by atoms with E-state index in [1.54, 1.807) is 30.3 Å². The lowest BCUT2D eigenvalue weighted by atomic mass is 10.0. The number of amides is 1. The summed E-state index contributed by atoms with van der Waals surface area (Å²) in [5.74, 6) is -1.44. The minimum absolute atomic E-state index is 0.286. The standard InChI is InChI=1S/C25H22ClFN2O4/c1-32-12-11-28-22(30)14-33-25(31)23-16-5-2-3-8-21(16)29-24-15(9-10-17(23)24)13-18-19(26)6-4-7-20(18)27/h2-8,13H,9-12,14H2,1H3,(H,28,30)/b15-13+. The van der Waals surface area contributed by atoms with Crippen LogP contribution in [0, 0.1) is 5.82 Å². The van der Waals surface area contributed by atoms with E-state index in [4.69, 9.17) is 26.1 Å². The SMILES string of the molecule is COCCNC(=O)COC(=O)c1c2c(nc3ccccc13)/C(=C/c1c(F)cccc1Cl)CC2. The third kappa shape index (κ3) is 4.89. The molecule has 0 saturated carbocycles. The van der Waals surface area contributed by atoms with Crippen LogP contribution in [0.15, 0.2) is 42.5 Å². The molecule has 1 aromatic heterocycles. The van der Waals surface area contributed by atoms with Crippen molar-refractivity contribution in [3.8, 4) is 0 Å². The number of ether oxygens (including phenoxy) is 2. The number of rotatable bonds is 7. The molecule has 1 aliphatic rings. The molecule has 0 fully saturated rings. The highest BCUT2D eigenvalue weighted by Gasteiger charge is 2.28. The number of hydrogen-bond donors (Lipinski definition) is 1. The molecule has 0 unspecified atom stereocenters. The molecule has 0 aliphatic heterocycles. The van der Waals surface area contributed by atoms with Gasteiger partial charge in [0, 0.05) is 24.6 Å². The lowest BCUT2D eigenvalue weighted by Crippen LogP contribution is -2.31. The van der Waals surface area contributed by atoms with E-state index in [1.807, 2.05) is 12.1 Å². The van der Waals surface area contributed by atoms with E-state index in [2.05, 4.69) is 5.32 Å². The molecule has 1 N–H and O–H groups in total. The fraction of sp³-hybridized carbons (Fsp3) is 0.240. The third-order valence-corrected chi connectivity index (χ3v) is 5.76. The van der Waals surface area contributed by atoms with Crippen LogP contribution in [-0.2, 0) is 20.7 Å². The predicted octanol–water partition coefficient (Wildman–Crippen LogP) is 4.43. The number of nitrogens with zero attached hydrogens (tertiary/aromatic N) is 1. The van der Waals surface area contributed by atoms with Crippen LogP contribution in [0.2, 0.25) is 5.02 Å². The second-order valence-electron chi connectivity index (χ2n) is 7.55. The smallest absolute Gasteiger partial charge is 0.339 e. The Morgan fingerprint density at radius 2 is 2.00 bits per heavy atom. The van der Waals surface area contributed by atoms with Crippen molar-refractivity contribution >= 4 is 46.0 Å². The summed E-state index contributed by atoms with van der Waals surface area (Å²) in [4.78, 5) is 29.8. The summed E-state index contributed by atoms with van der Waals surface area (Å²) in [7, 11) is 1.53. The monoisotopic (exact) mass is 468 g/mol. The lowest BCUT2D eigenvalue weighted by molar-refractivity contribution is -0.124. The van der Waals surface area contributed by atoms with E-state index in [0.29, 0.717) is 53.2 Å². The number of fused-ring (bicyclic) bond motifs is 2. The van der Waals surface area contributed by atoms with E-state index >= 15 is 0 Å². The van der Waals surface area contributed by atoms with Gasteiger partial charge < -0.3 is 14.8 Å². The molecule has 4 rings (SSSR count). The Kier molecular flexibility index (Phi) is 7.01. The largest absolute Gasteiger partial charge is 0.452 e. The van der Waals surface area contributed by atoms with Crippen LogP contribution in [0.5, 0.6) is 0 Å². The molecule has 33 heavy (non-hydrogen) atoms. The van der Waals surface area contributed by atoms with Gasteiger partial charge in [0.05, 0.1) is 28.4 Å². The first kappa shape index (κ1) is 22.9. The summed E-state index contributed by atoms with van der Waals surface area (Å²) in [6, 6.07) is 11.8. The maximum atomic E-state index is 14.4. The second-order valence-corrected chi connectivity index (χ2v) is 7.96. The Bertz CT molecular complexity index is 1240. The van der Waals surface area contributed by atoms with Crippen LogP contribution in [0.1, 0.15) is 33.6 Å². The number of allylic oxidation sites excluding steroid dienone is 1. The summed E-state index contributed by atoms with van der Waals surface area (Å²) >= 11 is 6.20. The summed E-state index contributed by atoms with van der Waals surface area (Å²) in [5.41, 5.74) is 3.40. The molecule has 0 atom stereocenters. The molecule has 1 amide bonds. The lowest BCUT2D eigenvalue weighted by Gasteiger charge is -2.12. The number of pyridine rings is 1. The second kappa shape index (κ2) is 10.1. The number of carbonyl (C=O) groups is 2. The number of hydrogen-bond acceptors (Lipinski definition) is 5. The number of para-hydroxylation sites is 1.